The zero-order valence-corrected chi connectivity index (χ0v) is 17.1. The Bertz CT molecular complexity index is 1160. The Morgan fingerprint density at radius 1 is 1.27 bits per heavy atom. The molecule has 0 aliphatic carbocycles. The van der Waals surface area contributed by atoms with Crippen LogP contribution in [0.3, 0.4) is 0 Å². The van der Waals surface area contributed by atoms with Gasteiger partial charge in [-0.1, -0.05) is 25.1 Å². The number of aromatic nitrogens is 4. The molecule has 0 spiro atoms. The van der Waals surface area contributed by atoms with Crippen molar-refractivity contribution in [3.63, 3.8) is 0 Å². The Morgan fingerprint density at radius 2 is 2.13 bits per heavy atom. The maximum absolute atomic E-state index is 13.1. The van der Waals surface area contributed by atoms with E-state index in [0.717, 1.165) is 5.69 Å². The molecule has 0 atom stereocenters. The second kappa shape index (κ2) is 8.36. The van der Waals surface area contributed by atoms with Crippen LogP contribution < -0.4 is 10.1 Å². The van der Waals surface area contributed by atoms with Crippen LogP contribution in [0.15, 0.2) is 53.3 Å². The minimum absolute atomic E-state index is 0.151. The van der Waals surface area contributed by atoms with E-state index in [1.807, 2.05) is 44.3 Å². The molecule has 0 bridgehead atoms. The maximum atomic E-state index is 13.1. The third kappa shape index (κ3) is 4.17. The third-order valence-electron chi connectivity index (χ3n) is 4.71. The molecule has 0 saturated carbocycles. The SMILES string of the molecule is Cc1noc2nc(C(C)C)cc(C(=O)Nc3cccc(OCCn4cccn4)c3)c12. The molecule has 8 nitrogen and oxygen atoms in total. The summed E-state index contributed by atoms with van der Waals surface area (Å²) in [5.74, 6) is 0.575. The number of aryl methyl sites for hydroxylation is 1. The first-order chi connectivity index (χ1) is 14.5. The van der Waals surface area contributed by atoms with Crippen LogP contribution in [0.25, 0.3) is 11.1 Å². The molecule has 0 unspecified atom stereocenters. The molecule has 4 aromatic rings. The molecule has 0 saturated heterocycles. The van der Waals surface area contributed by atoms with Crippen LogP contribution in [0.1, 0.15) is 41.5 Å². The minimum atomic E-state index is -0.246. The molecule has 4 rings (SSSR count). The number of ether oxygens (including phenoxy) is 1. The third-order valence-corrected chi connectivity index (χ3v) is 4.71. The van der Waals surface area contributed by atoms with Crippen molar-refractivity contribution in [1.29, 1.82) is 0 Å². The zero-order valence-electron chi connectivity index (χ0n) is 17.1. The number of rotatable bonds is 7. The largest absolute Gasteiger partial charge is 0.492 e. The first-order valence-electron chi connectivity index (χ1n) is 9.80. The van der Waals surface area contributed by atoms with Gasteiger partial charge in [-0.3, -0.25) is 9.48 Å². The van der Waals surface area contributed by atoms with Crippen LogP contribution in [0.2, 0.25) is 0 Å². The predicted molar refractivity (Wildman–Crippen MR) is 113 cm³/mol. The van der Waals surface area contributed by atoms with Crippen molar-refractivity contribution >= 4 is 22.7 Å². The van der Waals surface area contributed by atoms with E-state index in [1.165, 1.54) is 0 Å². The van der Waals surface area contributed by atoms with Gasteiger partial charge in [-0.05, 0) is 37.1 Å². The molecular formula is C22H23N5O3. The van der Waals surface area contributed by atoms with Gasteiger partial charge in [0.25, 0.3) is 11.6 Å². The van der Waals surface area contributed by atoms with Crippen LogP contribution >= 0.6 is 0 Å². The lowest BCUT2D eigenvalue weighted by atomic mass is 10.0. The lowest BCUT2D eigenvalue weighted by molar-refractivity contribution is 0.102. The first-order valence-corrected chi connectivity index (χ1v) is 9.80. The van der Waals surface area contributed by atoms with Gasteiger partial charge in [0.05, 0.1) is 23.2 Å². The van der Waals surface area contributed by atoms with Crippen molar-refractivity contribution in [2.75, 3.05) is 11.9 Å². The second-order valence-corrected chi connectivity index (χ2v) is 7.30. The van der Waals surface area contributed by atoms with E-state index < -0.39 is 0 Å². The van der Waals surface area contributed by atoms with Crippen LogP contribution in [0.4, 0.5) is 5.69 Å². The maximum Gasteiger partial charge on any atom is 0.259 e. The number of hydrogen-bond donors (Lipinski definition) is 1. The number of carbonyl (C=O) groups excluding carboxylic acids is 1. The van der Waals surface area contributed by atoms with E-state index in [0.29, 0.717) is 46.9 Å². The van der Waals surface area contributed by atoms with Crippen LogP contribution in [0.5, 0.6) is 5.75 Å². The Balaban J connectivity index is 1.52. The minimum Gasteiger partial charge on any atom is -0.492 e. The molecule has 0 aliphatic rings. The van der Waals surface area contributed by atoms with E-state index in [9.17, 15) is 4.79 Å². The number of anilines is 1. The molecule has 3 heterocycles. The highest BCUT2D eigenvalue weighted by Gasteiger charge is 2.20. The average molecular weight is 405 g/mol. The number of pyridine rings is 1. The van der Waals surface area contributed by atoms with Crippen molar-refractivity contribution < 1.29 is 14.1 Å². The molecule has 0 aliphatic heterocycles. The van der Waals surface area contributed by atoms with Crippen molar-refractivity contribution in [1.82, 2.24) is 19.9 Å². The van der Waals surface area contributed by atoms with E-state index in [2.05, 4.69) is 20.6 Å². The van der Waals surface area contributed by atoms with Gasteiger partial charge in [0.2, 0.25) is 0 Å². The zero-order chi connectivity index (χ0) is 21.1. The van der Waals surface area contributed by atoms with Crippen molar-refractivity contribution in [2.24, 2.45) is 0 Å². The van der Waals surface area contributed by atoms with Crippen molar-refractivity contribution in [3.05, 3.63) is 65.7 Å². The van der Waals surface area contributed by atoms with Gasteiger partial charge in [-0.25, -0.2) is 4.98 Å². The van der Waals surface area contributed by atoms with Gasteiger partial charge in [0.15, 0.2) is 0 Å². The number of amides is 1. The summed E-state index contributed by atoms with van der Waals surface area (Å²) in [4.78, 5) is 17.6. The molecule has 154 valence electrons. The fraction of sp³-hybridized carbons (Fsp3) is 0.273. The summed E-state index contributed by atoms with van der Waals surface area (Å²) in [6.45, 7) is 6.95. The average Bonchev–Trinajstić information content (AvgIpc) is 3.37. The summed E-state index contributed by atoms with van der Waals surface area (Å²) in [5.41, 5.74) is 2.92. The monoisotopic (exact) mass is 405 g/mol. The Morgan fingerprint density at radius 3 is 2.90 bits per heavy atom. The highest BCUT2D eigenvalue weighted by Crippen LogP contribution is 2.26. The summed E-state index contributed by atoms with van der Waals surface area (Å²) in [6.07, 6.45) is 3.61. The fourth-order valence-corrected chi connectivity index (χ4v) is 3.14. The molecule has 0 fully saturated rings. The van der Waals surface area contributed by atoms with Gasteiger partial charge >= 0.3 is 0 Å². The van der Waals surface area contributed by atoms with E-state index in [-0.39, 0.29) is 11.8 Å². The topological polar surface area (TPSA) is 95.1 Å². The number of hydrogen-bond acceptors (Lipinski definition) is 6. The number of carbonyl (C=O) groups is 1. The smallest absolute Gasteiger partial charge is 0.259 e. The predicted octanol–water partition coefficient (Wildman–Crippen LogP) is 4.18. The Labute approximate surface area is 173 Å². The molecule has 1 amide bonds. The summed E-state index contributed by atoms with van der Waals surface area (Å²) in [7, 11) is 0. The first kappa shape index (κ1) is 19.6. The second-order valence-electron chi connectivity index (χ2n) is 7.30. The molecule has 30 heavy (non-hydrogen) atoms. The van der Waals surface area contributed by atoms with Crippen molar-refractivity contribution in [3.8, 4) is 5.75 Å². The molecule has 3 aromatic heterocycles. The number of nitrogens with zero attached hydrogens (tertiary/aromatic N) is 4. The van der Waals surface area contributed by atoms with Gasteiger partial charge < -0.3 is 14.6 Å². The summed E-state index contributed by atoms with van der Waals surface area (Å²) < 4.78 is 12.9. The van der Waals surface area contributed by atoms with Gasteiger partial charge in [-0.15, -0.1) is 0 Å². The van der Waals surface area contributed by atoms with Gasteiger partial charge in [0.1, 0.15) is 12.4 Å². The molecule has 0 radical (unpaired) electrons. The quantitative estimate of drug-likeness (QED) is 0.496. The van der Waals surface area contributed by atoms with E-state index in [1.54, 1.807) is 29.9 Å². The lowest BCUT2D eigenvalue weighted by Crippen LogP contribution is -2.14. The van der Waals surface area contributed by atoms with Gasteiger partial charge in [-0.2, -0.15) is 5.10 Å². The Hall–Kier alpha value is -3.68. The highest BCUT2D eigenvalue weighted by atomic mass is 16.5. The van der Waals surface area contributed by atoms with Gasteiger partial charge in [0, 0.05) is 29.8 Å². The number of nitrogens with one attached hydrogen (secondary N) is 1. The number of benzene rings is 1. The fourth-order valence-electron chi connectivity index (χ4n) is 3.14. The highest BCUT2D eigenvalue weighted by molar-refractivity contribution is 6.12. The van der Waals surface area contributed by atoms with Crippen LogP contribution in [-0.2, 0) is 6.54 Å². The summed E-state index contributed by atoms with van der Waals surface area (Å²) in [6, 6.07) is 11.0. The normalized spacial score (nSPS) is 11.2. The Kier molecular flexibility index (Phi) is 5.47. The molecule has 1 N–H and O–H groups in total. The summed E-state index contributed by atoms with van der Waals surface area (Å²) in [5, 5.41) is 11.7. The number of fused-ring (bicyclic) bond motifs is 1. The standard InChI is InChI=1S/C22H23N5O3/c1-14(2)19-13-18(20-15(3)26-30-22(20)25-19)21(28)24-16-6-4-7-17(12-16)29-11-10-27-9-5-8-23-27/h4-9,12-14H,10-11H2,1-3H3,(H,24,28). The van der Waals surface area contributed by atoms with E-state index in [4.69, 9.17) is 9.26 Å². The summed E-state index contributed by atoms with van der Waals surface area (Å²) >= 11 is 0. The lowest BCUT2D eigenvalue weighted by Gasteiger charge is -2.11. The van der Waals surface area contributed by atoms with Crippen molar-refractivity contribution in [2.45, 2.75) is 33.2 Å². The molecule has 8 heteroatoms. The van der Waals surface area contributed by atoms with E-state index >= 15 is 0 Å². The van der Waals surface area contributed by atoms with Crippen LogP contribution in [-0.4, -0.2) is 32.4 Å². The van der Waals surface area contributed by atoms with Crippen LogP contribution in [0, 0.1) is 6.92 Å². The molecule has 1 aromatic carbocycles. The molecular weight excluding hydrogens is 382 g/mol.